The van der Waals surface area contributed by atoms with Crippen molar-refractivity contribution in [2.24, 2.45) is 0 Å². The van der Waals surface area contributed by atoms with Crippen LogP contribution < -0.4 is 5.32 Å². The minimum atomic E-state index is -0.383. The molecule has 0 unspecified atom stereocenters. The number of hydrogen-bond donors (Lipinski definition) is 1. The van der Waals surface area contributed by atoms with E-state index in [0.717, 1.165) is 32.5 Å². The van der Waals surface area contributed by atoms with E-state index in [1.54, 1.807) is 12.3 Å². The van der Waals surface area contributed by atoms with Crippen LogP contribution in [-0.4, -0.2) is 40.5 Å². The molecule has 1 N–H and O–H groups in total. The first-order valence-electron chi connectivity index (χ1n) is 7.29. The van der Waals surface area contributed by atoms with Crippen LogP contribution in [0.2, 0.25) is 0 Å². The van der Waals surface area contributed by atoms with Crippen LogP contribution in [0.15, 0.2) is 18.3 Å². The molecule has 0 bridgehead atoms. The summed E-state index contributed by atoms with van der Waals surface area (Å²) in [5.74, 6) is 0.393. The Hall–Kier alpha value is -1.69. The molecule has 0 amide bonds. The number of anilines is 1. The zero-order valence-electron chi connectivity index (χ0n) is 11.9. The molecule has 1 aliphatic rings. The molecule has 0 radical (unpaired) electrons. The number of hydrogen-bond acceptors (Lipinski definition) is 5. The third-order valence-electron chi connectivity index (χ3n) is 3.74. The molecular weight excluding hydrogens is 256 g/mol. The lowest BCUT2D eigenvalue weighted by Crippen LogP contribution is -2.39. The van der Waals surface area contributed by atoms with Gasteiger partial charge in [-0.15, -0.1) is 0 Å². The molecular formula is C14H22N4O2. The number of pyridine rings is 1. The van der Waals surface area contributed by atoms with Crippen LogP contribution in [0.3, 0.4) is 0 Å². The Bertz CT molecular complexity index is 445. The van der Waals surface area contributed by atoms with Gasteiger partial charge in [0.1, 0.15) is 0 Å². The van der Waals surface area contributed by atoms with Crippen molar-refractivity contribution in [2.45, 2.75) is 38.6 Å². The standard InChI is InChI=1S/C14H22N4O2/c1-2-3-9-17-10-6-12(7-11-17)16-14-13(18(19)20)5-4-8-15-14/h4-5,8,12H,2-3,6-7,9-11H2,1H3,(H,15,16). The number of likely N-dealkylation sites (tertiary alicyclic amines) is 1. The number of unbranched alkanes of at least 4 members (excludes halogenated alkanes) is 1. The van der Waals surface area contributed by atoms with Crippen molar-refractivity contribution < 1.29 is 4.92 Å². The second-order valence-electron chi connectivity index (χ2n) is 5.24. The fourth-order valence-corrected chi connectivity index (χ4v) is 2.53. The van der Waals surface area contributed by atoms with Gasteiger partial charge in [0.2, 0.25) is 5.82 Å². The van der Waals surface area contributed by atoms with E-state index in [4.69, 9.17) is 0 Å². The Morgan fingerprint density at radius 1 is 1.50 bits per heavy atom. The first-order valence-corrected chi connectivity index (χ1v) is 7.29. The first kappa shape index (κ1) is 14.7. The minimum absolute atomic E-state index is 0.0564. The van der Waals surface area contributed by atoms with Crippen LogP contribution in [0.1, 0.15) is 32.6 Å². The molecule has 2 heterocycles. The van der Waals surface area contributed by atoms with E-state index in [2.05, 4.69) is 22.1 Å². The molecule has 6 heteroatoms. The molecule has 1 fully saturated rings. The molecule has 0 saturated carbocycles. The van der Waals surface area contributed by atoms with Crippen molar-refractivity contribution >= 4 is 11.5 Å². The Kier molecular flexibility index (Phi) is 5.29. The van der Waals surface area contributed by atoms with Gasteiger partial charge in [0.15, 0.2) is 0 Å². The fraction of sp³-hybridized carbons (Fsp3) is 0.643. The number of nitro groups is 1. The summed E-state index contributed by atoms with van der Waals surface area (Å²) in [6, 6.07) is 3.36. The van der Waals surface area contributed by atoms with E-state index < -0.39 is 0 Å². The van der Waals surface area contributed by atoms with E-state index in [0.29, 0.717) is 5.82 Å². The van der Waals surface area contributed by atoms with Crippen LogP contribution in [0, 0.1) is 10.1 Å². The molecule has 6 nitrogen and oxygen atoms in total. The second-order valence-corrected chi connectivity index (χ2v) is 5.24. The summed E-state index contributed by atoms with van der Waals surface area (Å²) in [5, 5.41) is 14.2. The third kappa shape index (κ3) is 3.90. The number of aromatic nitrogens is 1. The number of rotatable bonds is 6. The Labute approximate surface area is 119 Å². The second kappa shape index (κ2) is 7.19. The summed E-state index contributed by atoms with van der Waals surface area (Å²) in [6.45, 7) is 5.47. The minimum Gasteiger partial charge on any atom is -0.362 e. The van der Waals surface area contributed by atoms with Crippen molar-refractivity contribution in [3.63, 3.8) is 0 Å². The molecule has 110 valence electrons. The van der Waals surface area contributed by atoms with E-state index in [1.165, 1.54) is 18.9 Å². The predicted octanol–water partition coefficient (Wildman–Crippen LogP) is 2.67. The van der Waals surface area contributed by atoms with Gasteiger partial charge in [-0.25, -0.2) is 4.98 Å². The molecule has 1 aromatic heterocycles. The maximum Gasteiger partial charge on any atom is 0.311 e. The van der Waals surface area contributed by atoms with Crippen LogP contribution in [-0.2, 0) is 0 Å². The summed E-state index contributed by atoms with van der Waals surface area (Å²) in [7, 11) is 0. The van der Waals surface area contributed by atoms with Crippen molar-refractivity contribution in [3.8, 4) is 0 Å². The van der Waals surface area contributed by atoms with Crippen LogP contribution in [0.5, 0.6) is 0 Å². The van der Waals surface area contributed by atoms with Crippen LogP contribution >= 0.6 is 0 Å². The molecule has 1 saturated heterocycles. The van der Waals surface area contributed by atoms with Crippen molar-refractivity contribution in [3.05, 3.63) is 28.4 Å². The summed E-state index contributed by atoms with van der Waals surface area (Å²) in [4.78, 5) is 17.1. The molecule has 1 aliphatic heterocycles. The molecule has 0 spiro atoms. The van der Waals surface area contributed by atoms with Gasteiger partial charge in [0.05, 0.1) is 4.92 Å². The maximum absolute atomic E-state index is 11.0. The number of nitrogens with zero attached hydrogens (tertiary/aromatic N) is 3. The zero-order chi connectivity index (χ0) is 14.4. The first-order chi connectivity index (χ1) is 9.70. The highest BCUT2D eigenvalue weighted by molar-refractivity contribution is 5.55. The quantitative estimate of drug-likeness (QED) is 0.640. The van der Waals surface area contributed by atoms with Crippen LogP contribution in [0.25, 0.3) is 0 Å². The Balaban J connectivity index is 1.88. The molecule has 20 heavy (non-hydrogen) atoms. The fourth-order valence-electron chi connectivity index (χ4n) is 2.53. The van der Waals surface area contributed by atoms with Gasteiger partial charge in [-0.05, 0) is 31.9 Å². The van der Waals surface area contributed by atoms with Gasteiger partial charge in [0, 0.05) is 31.4 Å². The van der Waals surface area contributed by atoms with Crippen molar-refractivity contribution in [1.82, 2.24) is 9.88 Å². The van der Waals surface area contributed by atoms with Gasteiger partial charge in [-0.1, -0.05) is 13.3 Å². The van der Waals surface area contributed by atoms with Crippen molar-refractivity contribution in [2.75, 3.05) is 25.0 Å². The number of piperidine rings is 1. The highest BCUT2D eigenvalue weighted by Gasteiger charge is 2.22. The third-order valence-corrected chi connectivity index (χ3v) is 3.74. The van der Waals surface area contributed by atoms with Crippen LogP contribution in [0.4, 0.5) is 11.5 Å². The van der Waals surface area contributed by atoms with E-state index >= 15 is 0 Å². The highest BCUT2D eigenvalue weighted by Crippen LogP contribution is 2.23. The summed E-state index contributed by atoms with van der Waals surface area (Å²) in [6.07, 6.45) is 6.07. The topological polar surface area (TPSA) is 71.3 Å². The zero-order valence-corrected chi connectivity index (χ0v) is 11.9. The van der Waals surface area contributed by atoms with Gasteiger partial charge >= 0.3 is 5.69 Å². The summed E-state index contributed by atoms with van der Waals surface area (Å²) < 4.78 is 0. The maximum atomic E-state index is 11.0. The molecule has 0 aliphatic carbocycles. The van der Waals surface area contributed by atoms with E-state index in [1.807, 2.05) is 0 Å². The van der Waals surface area contributed by atoms with Gasteiger partial charge in [-0.3, -0.25) is 10.1 Å². The lowest BCUT2D eigenvalue weighted by atomic mass is 10.0. The summed E-state index contributed by atoms with van der Waals surface area (Å²) in [5.41, 5.74) is 0.0564. The lowest BCUT2D eigenvalue weighted by molar-refractivity contribution is -0.384. The predicted molar refractivity (Wildman–Crippen MR) is 78.9 cm³/mol. The van der Waals surface area contributed by atoms with E-state index in [9.17, 15) is 10.1 Å². The smallest absolute Gasteiger partial charge is 0.311 e. The average Bonchev–Trinajstić information content (AvgIpc) is 2.47. The Morgan fingerprint density at radius 2 is 2.25 bits per heavy atom. The molecule has 0 atom stereocenters. The van der Waals surface area contributed by atoms with Crippen molar-refractivity contribution in [1.29, 1.82) is 0 Å². The Morgan fingerprint density at radius 3 is 2.90 bits per heavy atom. The summed E-state index contributed by atoms with van der Waals surface area (Å²) >= 11 is 0. The highest BCUT2D eigenvalue weighted by atomic mass is 16.6. The lowest BCUT2D eigenvalue weighted by Gasteiger charge is -2.32. The van der Waals surface area contributed by atoms with Gasteiger partial charge in [-0.2, -0.15) is 0 Å². The van der Waals surface area contributed by atoms with E-state index in [-0.39, 0.29) is 16.7 Å². The average molecular weight is 278 g/mol. The molecule has 2 rings (SSSR count). The normalized spacial score (nSPS) is 17.1. The monoisotopic (exact) mass is 278 g/mol. The van der Waals surface area contributed by atoms with Gasteiger partial charge < -0.3 is 10.2 Å². The molecule has 1 aromatic rings. The largest absolute Gasteiger partial charge is 0.362 e. The number of nitrogens with one attached hydrogen (secondary N) is 1. The van der Waals surface area contributed by atoms with Gasteiger partial charge in [0.25, 0.3) is 0 Å². The molecule has 0 aromatic carbocycles. The SMILES string of the molecule is CCCCN1CCC(Nc2ncccc2[N+](=O)[O-])CC1.